The zero-order valence-electron chi connectivity index (χ0n) is 17.0. The Labute approximate surface area is 182 Å². The van der Waals surface area contributed by atoms with Crippen LogP contribution in [-0.4, -0.2) is 67.1 Å². The van der Waals surface area contributed by atoms with Gasteiger partial charge >= 0.3 is 0 Å². The van der Waals surface area contributed by atoms with E-state index in [1.54, 1.807) is 0 Å². The Kier molecular flexibility index (Phi) is 9.32. The molecular formula is C21H36IN5. The van der Waals surface area contributed by atoms with Gasteiger partial charge < -0.3 is 15.5 Å². The molecule has 0 aliphatic carbocycles. The van der Waals surface area contributed by atoms with E-state index in [4.69, 9.17) is 4.99 Å². The van der Waals surface area contributed by atoms with Gasteiger partial charge in [0.25, 0.3) is 0 Å². The van der Waals surface area contributed by atoms with E-state index in [1.165, 1.54) is 31.4 Å². The summed E-state index contributed by atoms with van der Waals surface area (Å²) >= 11 is 0. The highest BCUT2D eigenvalue weighted by atomic mass is 127. The average molecular weight is 485 g/mol. The molecule has 0 radical (unpaired) electrons. The summed E-state index contributed by atoms with van der Waals surface area (Å²) in [6.07, 6.45) is 3.74. The van der Waals surface area contributed by atoms with Crippen LogP contribution in [0.25, 0.3) is 0 Å². The van der Waals surface area contributed by atoms with Gasteiger partial charge in [-0.3, -0.25) is 9.89 Å². The van der Waals surface area contributed by atoms with E-state index < -0.39 is 0 Å². The fourth-order valence-corrected chi connectivity index (χ4v) is 4.16. The topological polar surface area (TPSA) is 42.9 Å². The number of benzene rings is 1. The van der Waals surface area contributed by atoms with Crippen LogP contribution < -0.4 is 10.6 Å². The summed E-state index contributed by atoms with van der Waals surface area (Å²) in [6, 6.07) is 12.4. The van der Waals surface area contributed by atoms with Gasteiger partial charge in [-0.05, 0) is 52.3 Å². The molecule has 0 spiro atoms. The third-order valence-electron chi connectivity index (χ3n) is 5.75. The first kappa shape index (κ1) is 22.4. The molecule has 2 aliphatic heterocycles. The van der Waals surface area contributed by atoms with E-state index >= 15 is 0 Å². The molecule has 3 rings (SSSR count). The number of likely N-dealkylation sites (tertiary alicyclic amines) is 2. The van der Waals surface area contributed by atoms with Crippen LogP contribution in [0.15, 0.2) is 35.3 Å². The first-order chi connectivity index (χ1) is 12.7. The SMILES string of the molecule is CCNC(=NCC1CCCN1C)NC1CC(C)N(Cc2ccccc2)C1.I. The predicted molar refractivity (Wildman–Crippen MR) is 125 cm³/mol. The normalized spacial score (nSPS) is 26.8. The lowest BCUT2D eigenvalue weighted by Crippen LogP contribution is -2.45. The van der Waals surface area contributed by atoms with E-state index in [-0.39, 0.29) is 24.0 Å². The Morgan fingerprint density at radius 2 is 2.04 bits per heavy atom. The van der Waals surface area contributed by atoms with Crippen molar-refractivity contribution in [2.75, 3.05) is 33.2 Å². The van der Waals surface area contributed by atoms with Crippen LogP contribution in [0.2, 0.25) is 0 Å². The summed E-state index contributed by atoms with van der Waals surface area (Å²) in [5, 5.41) is 7.11. The molecule has 2 N–H and O–H groups in total. The molecule has 2 saturated heterocycles. The maximum atomic E-state index is 4.88. The van der Waals surface area contributed by atoms with E-state index in [0.29, 0.717) is 18.1 Å². The van der Waals surface area contributed by atoms with Crippen molar-refractivity contribution in [2.24, 2.45) is 4.99 Å². The second-order valence-electron chi connectivity index (χ2n) is 7.84. The van der Waals surface area contributed by atoms with Crippen molar-refractivity contribution < 1.29 is 0 Å². The lowest BCUT2D eigenvalue weighted by Gasteiger charge is -2.22. The minimum Gasteiger partial charge on any atom is -0.357 e. The molecule has 1 aromatic rings. The number of halogens is 1. The highest BCUT2D eigenvalue weighted by molar-refractivity contribution is 14.0. The lowest BCUT2D eigenvalue weighted by atomic mass is 10.2. The zero-order chi connectivity index (χ0) is 18.4. The summed E-state index contributed by atoms with van der Waals surface area (Å²) in [5.41, 5.74) is 1.39. The zero-order valence-corrected chi connectivity index (χ0v) is 19.4. The third kappa shape index (κ3) is 6.61. The summed E-state index contributed by atoms with van der Waals surface area (Å²) in [6.45, 7) is 9.58. The van der Waals surface area contributed by atoms with Gasteiger partial charge in [-0.1, -0.05) is 30.3 Å². The van der Waals surface area contributed by atoms with Crippen LogP contribution in [0.3, 0.4) is 0 Å². The van der Waals surface area contributed by atoms with E-state index in [0.717, 1.165) is 32.1 Å². The van der Waals surface area contributed by atoms with Crippen molar-refractivity contribution in [3.05, 3.63) is 35.9 Å². The van der Waals surface area contributed by atoms with E-state index in [1.807, 2.05) is 0 Å². The molecule has 3 unspecified atom stereocenters. The maximum Gasteiger partial charge on any atom is 0.191 e. The third-order valence-corrected chi connectivity index (χ3v) is 5.75. The molecule has 152 valence electrons. The molecule has 5 nitrogen and oxygen atoms in total. The first-order valence-electron chi connectivity index (χ1n) is 10.2. The lowest BCUT2D eigenvalue weighted by molar-refractivity contribution is 0.258. The van der Waals surface area contributed by atoms with Gasteiger partial charge in [-0.15, -0.1) is 24.0 Å². The van der Waals surface area contributed by atoms with Crippen LogP contribution >= 0.6 is 24.0 Å². The smallest absolute Gasteiger partial charge is 0.191 e. The van der Waals surface area contributed by atoms with Crippen LogP contribution in [0.5, 0.6) is 0 Å². The van der Waals surface area contributed by atoms with Crippen molar-refractivity contribution in [1.29, 1.82) is 0 Å². The number of guanidine groups is 1. The minimum atomic E-state index is 0. The van der Waals surface area contributed by atoms with E-state index in [9.17, 15) is 0 Å². The fourth-order valence-electron chi connectivity index (χ4n) is 4.16. The summed E-state index contributed by atoms with van der Waals surface area (Å²) < 4.78 is 0. The van der Waals surface area contributed by atoms with Crippen LogP contribution in [-0.2, 0) is 6.54 Å². The van der Waals surface area contributed by atoms with Gasteiger partial charge in [0.15, 0.2) is 5.96 Å². The van der Waals surface area contributed by atoms with Crippen molar-refractivity contribution >= 4 is 29.9 Å². The van der Waals surface area contributed by atoms with E-state index in [2.05, 4.69) is 71.7 Å². The summed E-state index contributed by atoms with van der Waals surface area (Å²) in [7, 11) is 2.22. The Morgan fingerprint density at radius 3 is 2.70 bits per heavy atom. The van der Waals surface area contributed by atoms with Gasteiger partial charge in [0.1, 0.15) is 0 Å². The molecule has 3 atom stereocenters. The van der Waals surface area contributed by atoms with Crippen molar-refractivity contribution in [2.45, 2.75) is 57.8 Å². The molecule has 2 aliphatic rings. The summed E-state index contributed by atoms with van der Waals surface area (Å²) in [4.78, 5) is 9.89. The second-order valence-corrected chi connectivity index (χ2v) is 7.84. The molecule has 0 bridgehead atoms. The number of hydrogen-bond acceptors (Lipinski definition) is 3. The van der Waals surface area contributed by atoms with Gasteiger partial charge in [0.05, 0.1) is 6.54 Å². The summed E-state index contributed by atoms with van der Waals surface area (Å²) in [5.74, 6) is 0.978. The average Bonchev–Trinajstić information content (AvgIpc) is 3.19. The number of aliphatic imine (C=N–C) groups is 1. The van der Waals surface area contributed by atoms with Gasteiger partial charge in [0, 0.05) is 37.8 Å². The maximum absolute atomic E-state index is 4.88. The van der Waals surface area contributed by atoms with Crippen molar-refractivity contribution in [3.8, 4) is 0 Å². The Balaban J connectivity index is 0.00000261. The van der Waals surface area contributed by atoms with Crippen molar-refractivity contribution in [1.82, 2.24) is 20.4 Å². The number of nitrogens with zero attached hydrogens (tertiary/aromatic N) is 3. The van der Waals surface area contributed by atoms with Crippen LogP contribution in [0.1, 0.15) is 38.7 Å². The number of hydrogen-bond donors (Lipinski definition) is 2. The predicted octanol–water partition coefficient (Wildman–Crippen LogP) is 2.92. The molecule has 1 aromatic carbocycles. The molecule has 0 amide bonds. The quantitative estimate of drug-likeness (QED) is 0.370. The number of nitrogens with one attached hydrogen (secondary N) is 2. The molecule has 27 heavy (non-hydrogen) atoms. The molecular weight excluding hydrogens is 449 g/mol. The highest BCUT2D eigenvalue weighted by Crippen LogP contribution is 2.20. The molecule has 0 saturated carbocycles. The second kappa shape index (κ2) is 11.2. The fraction of sp³-hybridized carbons (Fsp3) is 0.667. The standard InChI is InChI=1S/C21H35N5.HI/c1-4-22-21(23-14-20-11-8-12-25(20)3)24-19-13-17(2)26(16-19)15-18-9-6-5-7-10-18;/h5-7,9-10,17,19-20H,4,8,11-16H2,1-3H3,(H2,22,23,24);1H. The molecule has 6 heteroatoms. The Hall–Kier alpha value is -0.860. The highest BCUT2D eigenvalue weighted by Gasteiger charge is 2.29. The molecule has 2 heterocycles. The van der Waals surface area contributed by atoms with Gasteiger partial charge in [-0.2, -0.15) is 0 Å². The number of likely N-dealkylation sites (N-methyl/N-ethyl adjacent to an activating group) is 1. The van der Waals surface area contributed by atoms with Crippen LogP contribution in [0.4, 0.5) is 0 Å². The Morgan fingerprint density at radius 1 is 1.26 bits per heavy atom. The molecule has 0 aromatic heterocycles. The van der Waals surface area contributed by atoms with Gasteiger partial charge in [-0.25, -0.2) is 0 Å². The first-order valence-corrected chi connectivity index (χ1v) is 10.2. The van der Waals surface area contributed by atoms with Crippen LogP contribution in [0, 0.1) is 0 Å². The van der Waals surface area contributed by atoms with Gasteiger partial charge in [0.2, 0.25) is 0 Å². The molecule has 2 fully saturated rings. The minimum absolute atomic E-state index is 0. The number of rotatable bonds is 6. The largest absolute Gasteiger partial charge is 0.357 e. The monoisotopic (exact) mass is 485 g/mol. The van der Waals surface area contributed by atoms with Crippen molar-refractivity contribution in [3.63, 3.8) is 0 Å². The Bertz CT molecular complexity index is 579.